The number of nitrogens with one attached hydrogen (secondary N) is 1. The van der Waals surface area contributed by atoms with Crippen molar-refractivity contribution < 1.29 is 9.53 Å². The molecule has 0 bridgehead atoms. The van der Waals surface area contributed by atoms with Gasteiger partial charge in [-0.1, -0.05) is 0 Å². The van der Waals surface area contributed by atoms with Crippen LogP contribution in [0.15, 0.2) is 16.9 Å². The van der Waals surface area contributed by atoms with Crippen LogP contribution in [0.5, 0.6) is 0 Å². The maximum atomic E-state index is 11.6. The number of aromatic nitrogens is 2. The van der Waals surface area contributed by atoms with E-state index in [4.69, 9.17) is 4.74 Å². The Balaban J connectivity index is 1.85. The highest BCUT2D eigenvalue weighted by molar-refractivity contribution is 9.10. The first-order chi connectivity index (χ1) is 7.75. The predicted molar refractivity (Wildman–Crippen MR) is 61.0 cm³/mol. The van der Waals surface area contributed by atoms with Crippen LogP contribution in [0.1, 0.15) is 17.0 Å². The molecule has 0 spiro atoms. The summed E-state index contributed by atoms with van der Waals surface area (Å²) >= 11 is 3.21. The second-order valence-corrected chi connectivity index (χ2v) is 4.58. The van der Waals surface area contributed by atoms with Crippen molar-refractivity contribution in [2.24, 2.45) is 5.92 Å². The molecule has 0 aliphatic carbocycles. The SMILES string of the molecule is O=C(NCC1CCOC1)c1ncc(Br)cn1. The van der Waals surface area contributed by atoms with Crippen molar-refractivity contribution >= 4 is 21.8 Å². The summed E-state index contributed by atoms with van der Waals surface area (Å²) in [6.45, 7) is 2.13. The molecule has 1 amide bonds. The molecule has 1 N–H and O–H groups in total. The van der Waals surface area contributed by atoms with E-state index in [1.807, 2.05) is 0 Å². The summed E-state index contributed by atoms with van der Waals surface area (Å²) in [5, 5.41) is 2.80. The number of halogens is 1. The Kier molecular flexibility index (Phi) is 3.84. The zero-order chi connectivity index (χ0) is 11.4. The van der Waals surface area contributed by atoms with Gasteiger partial charge in [-0.25, -0.2) is 9.97 Å². The Hall–Kier alpha value is -1.01. The highest BCUT2D eigenvalue weighted by Crippen LogP contribution is 2.10. The maximum Gasteiger partial charge on any atom is 0.289 e. The van der Waals surface area contributed by atoms with Crippen LogP contribution in [0.2, 0.25) is 0 Å². The minimum atomic E-state index is -0.237. The van der Waals surface area contributed by atoms with Crippen molar-refractivity contribution in [3.05, 3.63) is 22.7 Å². The lowest BCUT2D eigenvalue weighted by Gasteiger charge is -2.08. The van der Waals surface area contributed by atoms with Crippen LogP contribution < -0.4 is 5.32 Å². The molecular formula is C10H12BrN3O2. The molecule has 2 rings (SSSR count). The van der Waals surface area contributed by atoms with Crippen molar-refractivity contribution in [3.8, 4) is 0 Å². The molecule has 1 saturated heterocycles. The third-order valence-electron chi connectivity index (χ3n) is 2.40. The topological polar surface area (TPSA) is 64.1 Å². The van der Waals surface area contributed by atoms with Gasteiger partial charge in [0, 0.05) is 31.5 Å². The fourth-order valence-electron chi connectivity index (χ4n) is 1.49. The fraction of sp³-hybridized carbons (Fsp3) is 0.500. The number of amides is 1. The number of carbonyl (C=O) groups is 1. The van der Waals surface area contributed by atoms with E-state index < -0.39 is 0 Å². The van der Waals surface area contributed by atoms with Crippen LogP contribution >= 0.6 is 15.9 Å². The van der Waals surface area contributed by atoms with Crippen LogP contribution in [0, 0.1) is 5.92 Å². The molecule has 1 aliphatic rings. The average Bonchev–Trinajstić information content (AvgIpc) is 2.80. The Labute approximate surface area is 102 Å². The van der Waals surface area contributed by atoms with Gasteiger partial charge in [0.1, 0.15) is 0 Å². The van der Waals surface area contributed by atoms with Gasteiger partial charge in [-0.05, 0) is 22.4 Å². The molecule has 1 atom stereocenters. The molecule has 6 heteroatoms. The molecular weight excluding hydrogens is 274 g/mol. The van der Waals surface area contributed by atoms with E-state index in [2.05, 4.69) is 31.2 Å². The van der Waals surface area contributed by atoms with Gasteiger partial charge in [0.15, 0.2) is 0 Å². The number of nitrogens with zero attached hydrogens (tertiary/aromatic N) is 2. The Morgan fingerprint density at radius 2 is 2.31 bits per heavy atom. The molecule has 0 radical (unpaired) electrons. The first kappa shape index (κ1) is 11.5. The number of hydrogen-bond donors (Lipinski definition) is 1. The van der Waals surface area contributed by atoms with Gasteiger partial charge in [-0.3, -0.25) is 4.79 Å². The normalized spacial score (nSPS) is 19.7. The largest absolute Gasteiger partial charge is 0.381 e. The van der Waals surface area contributed by atoms with E-state index >= 15 is 0 Å². The van der Waals surface area contributed by atoms with E-state index in [0.717, 1.165) is 24.1 Å². The quantitative estimate of drug-likeness (QED) is 0.900. The van der Waals surface area contributed by atoms with Crippen molar-refractivity contribution in [2.45, 2.75) is 6.42 Å². The summed E-state index contributed by atoms with van der Waals surface area (Å²) in [6, 6.07) is 0. The molecule has 5 nitrogen and oxygen atoms in total. The van der Waals surface area contributed by atoms with Crippen LogP contribution in [0.25, 0.3) is 0 Å². The van der Waals surface area contributed by atoms with E-state index in [-0.39, 0.29) is 11.7 Å². The zero-order valence-electron chi connectivity index (χ0n) is 8.65. The molecule has 1 aliphatic heterocycles. The Morgan fingerprint density at radius 3 is 2.94 bits per heavy atom. The monoisotopic (exact) mass is 285 g/mol. The van der Waals surface area contributed by atoms with E-state index in [9.17, 15) is 4.79 Å². The minimum absolute atomic E-state index is 0.196. The van der Waals surface area contributed by atoms with E-state index in [1.54, 1.807) is 12.4 Å². The lowest BCUT2D eigenvalue weighted by atomic mass is 10.1. The number of ether oxygens (including phenoxy) is 1. The second kappa shape index (κ2) is 5.36. The van der Waals surface area contributed by atoms with Gasteiger partial charge >= 0.3 is 0 Å². The number of hydrogen-bond acceptors (Lipinski definition) is 4. The highest BCUT2D eigenvalue weighted by Gasteiger charge is 2.17. The van der Waals surface area contributed by atoms with Crippen LogP contribution in [-0.2, 0) is 4.74 Å². The van der Waals surface area contributed by atoms with Gasteiger partial charge in [-0.15, -0.1) is 0 Å². The molecule has 1 aromatic heterocycles. The zero-order valence-corrected chi connectivity index (χ0v) is 10.2. The van der Waals surface area contributed by atoms with E-state index in [0.29, 0.717) is 12.5 Å². The van der Waals surface area contributed by atoms with Crippen LogP contribution in [0.3, 0.4) is 0 Å². The van der Waals surface area contributed by atoms with Crippen molar-refractivity contribution in [2.75, 3.05) is 19.8 Å². The average molecular weight is 286 g/mol. The molecule has 16 heavy (non-hydrogen) atoms. The molecule has 2 heterocycles. The summed E-state index contributed by atoms with van der Waals surface area (Å²) in [4.78, 5) is 19.5. The first-order valence-corrected chi connectivity index (χ1v) is 5.88. The van der Waals surface area contributed by atoms with Crippen LogP contribution in [0.4, 0.5) is 0 Å². The van der Waals surface area contributed by atoms with Gasteiger partial charge < -0.3 is 10.1 Å². The molecule has 86 valence electrons. The first-order valence-electron chi connectivity index (χ1n) is 5.09. The molecule has 1 fully saturated rings. The van der Waals surface area contributed by atoms with Gasteiger partial charge in [-0.2, -0.15) is 0 Å². The predicted octanol–water partition coefficient (Wildman–Crippen LogP) is 1.01. The number of carbonyl (C=O) groups excluding carboxylic acids is 1. The lowest BCUT2D eigenvalue weighted by Crippen LogP contribution is -2.30. The fourth-order valence-corrected chi connectivity index (χ4v) is 1.69. The molecule has 1 unspecified atom stereocenters. The summed E-state index contributed by atoms with van der Waals surface area (Å²) in [6.07, 6.45) is 4.11. The van der Waals surface area contributed by atoms with Gasteiger partial charge in [0.2, 0.25) is 5.82 Å². The maximum absolute atomic E-state index is 11.6. The van der Waals surface area contributed by atoms with Crippen molar-refractivity contribution in [1.82, 2.24) is 15.3 Å². The highest BCUT2D eigenvalue weighted by atomic mass is 79.9. The number of rotatable bonds is 3. The Morgan fingerprint density at radius 1 is 1.56 bits per heavy atom. The van der Waals surface area contributed by atoms with Gasteiger partial charge in [0.25, 0.3) is 5.91 Å². The third-order valence-corrected chi connectivity index (χ3v) is 2.81. The minimum Gasteiger partial charge on any atom is -0.381 e. The van der Waals surface area contributed by atoms with Gasteiger partial charge in [0.05, 0.1) is 11.1 Å². The summed E-state index contributed by atoms with van der Waals surface area (Å²) in [7, 11) is 0. The second-order valence-electron chi connectivity index (χ2n) is 3.66. The summed E-state index contributed by atoms with van der Waals surface area (Å²) in [5.41, 5.74) is 0. The van der Waals surface area contributed by atoms with Crippen molar-refractivity contribution in [1.29, 1.82) is 0 Å². The molecule has 1 aromatic rings. The summed E-state index contributed by atoms with van der Waals surface area (Å²) in [5.74, 6) is 0.376. The lowest BCUT2D eigenvalue weighted by molar-refractivity contribution is 0.0934. The Bertz CT molecular complexity index is 363. The molecule has 0 saturated carbocycles. The van der Waals surface area contributed by atoms with Crippen LogP contribution in [-0.4, -0.2) is 35.6 Å². The third kappa shape index (κ3) is 2.99. The van der Waals surface area contributed by atoms with E-state index in [1.165, 1.54) is 0 Å². The standard InChI is InChI=1S/C10H12BrN3O2/c11-8-4-12-9(13-5-8)10(15)14-3-7-1-2-16-6-7/h4-5,7H,1-3,6H2,(H,14,15). The summed E-state index contributed by atoms with van der Waals surface area (Å²) < 4.78 is 5.98. The smallest absolute Gasteiger partial charge is 0.289 e. The molecule has 0 aromatic carbocycles. The van der Waals surface area contributed by atoms with Crippen molar-refractivity contribution in [3.63, 3.8) is 0 Å².